The number of nitrogens with zero attached hydrogens (tertiary/aromatic N) is 1. The van der Waals surface area contributed by atoms with E-state index in [0.29, 0.717) is 34.6 Å². The molecule has 0 aliphatic carbocycles. The molecule has 1 saturated heterocycles. The highest BCUT2D eigenvalue weighted by molar-refractivity contribution is 6.32. The molecule has 1 aliphatic rings. The summed E-state index contributed by atoms with van der Waals surface area (Å²) in [6, 6.07) is 5.26. The molecule has 1 fully saturated rings. The van der Waals surface area contributed by atoms with Crippen molar-refractivity contribution in [2.45, 2.75) is 6.42 Å². The van der Waals surface area contributed by atoms with Gasteiger partial charge in [-0.2, -0.15) is 5.26 Å². The zero-order chi connectivity index (χ0) is 13.0. The molecule has 1 aliphatic heterocycles. The van der Waals surface area contributed by atoms with E-state index >= 15 is 0 Å². The van der Waals surface area contributed by atoms with Crippen LogP contribution in [0.1, 0.15) is 12.0 Å². The van der Waals surface area contributed by atoms with Crippen molar-refractivity contribution in [3.63, 3.8) is 0 Å². The highest BCUT2D eigenvalue weighted by Crippen LogP contribution is 2.36. The number of hydrogen-bond donors (Lipinski definition) is 1. The van der Waals surface area contributed by atoms with Crippen molar-refractivity contribution in [2.24, 2.45) is 5.92 Å². The highest BCUT2D eigenvalue weighted by atomic mass is 35.5. The molecule has 5 heteroatoms. The summed E-state index contributed by atoms with van der Waals surface area (Å²) < 4.78 is 10.9. The summed E-state index contributed by atoms with van der Waals surface area (Å²) in [7, 11) is 1.54. The van der Waals surface area contributed by atoms with Crippen LogP contribution in [0.5, 0.6) is 11.5 Å². The Labute approximate surface area is 111 Å². The third-order valence-corrected chi connectivity index (χ3v) is 3.27. The molecular formula is C13H15ClN2O2. The quantitative estimate of drug-likeness (QED) is 0.908. The molecule has 1 heterocycles. The molecule has 2 rings (SSSR count). The second kappa shape index (κ2) is 5.94. The normalized spacial score (nSPS) is 18.4. The third-order valence-electron chi connectivity index (χ3n) is 2.98. The molecule has 1 atom stereocenters. The lowest BCUT2D eigenvalue weighted by molar-refractivity contribution is 0.248. The van der Waals surface area contributed by atoms with Crippen LogP contribution in [-0.2, 0) is 0 Å². The van der Waals surface area contributed by atoms with E-state index in [1.165, 1.54) is 7.11 Å². The van der Waals surface area contributed by atoms with E-state index in [2.05, 4.69) is 5.32 Å². The molecule has 96 valence electrons. The van der Waals surface area contributed by atoms with E-state index in [0.717, 1.165) is 19.5 Å². The van der Waals surface area contributed by atoms with Gasteiger partial charge in [0.15, 0.2) is 11.5 Å². The van der Waals surface area contributed by atoms with Gasteiger partial charge in [-0.25, -0.2) is 0 Å². The van der Waals surface area contributed by atoms with E-state index in [9.17, 15) is 0 Å². The van der Waals surface area contributed by atoms with Crippen LogP contribution in [0.3, 0.4) is 0 Å². The molecule has 0 aromatic heterocycles. The number of ether oxygens (including phenoxy) is 2. The number of halogens is 1. The first-order chi connectivity index (χ1) is 8.74. The summed E-state index contributed by atoms with van der Waals surface area (Å²) in [4.78, 5) is 0. The SMILES string of the molecule is COc1cc(C#N)cc(Cl)c1OCC1CCNC1. The molecule has 1 unspecified atom stereocenters. The Balaban J connectivity index is 2.13. The van der Waals surface area contributed by atoms with Gasteiger partial charge < -0.3 is 14.8 Å². The minimum Gasteiger partial charge on any atom is -0.493 e. The van der Waals surface area contributed by atoms with Crippen LogP contribution in [0.2, 0.25) is 5.02 Å². The van der Waals surface area contributed by atoms with Crippen molar-refractivity contribution in [3.8, 4) is 17.6 Å². The van der Waals surface area contributed by atoms with Crippen LogP contribution in [0.4, 0.5) is 0 Å². The summed E-state index contributed by atoms with van der Waals surface area (Å²) in [5.74, 6) is 1.52. The summed E-state index contributed by atoms with van der Waals surface area (Å²) >= 11 is 6.11. The zero-order valence-electron chi connectivity index (χ0n) is 10.2. The molecule has 0 saturated carbocycles. The fourth-order valence-corrected chi connectivity index (χ4v) is 2.25. The lowest BCUT2D eigenvalue weighted by atomic mass is 10.1. The van der Waals surface area contributed by atoms with Crippen molar-refractivity contribution < 1.29 is 9.47 Å². The van der Waals surface area contributed by atoms with Crippen LogP contribution in [0, 0.1) is 17.2 Å². The Bertz CT molecular complexity index is 465. The number of nitriles is 1. The van der Waals surface area contributed by atoms with Crippen LogP contribution in [-0.4, -0.2) is 26.8 Å². The van der Waals surface area contributed by atoms with Crippen LogP contribution < -0.4 is 14.8 Å². The van der Waals surface area contributed by atoms with Gasteiger partial charge in [0.05, 0.1) is 30.4 Å². The summed E-state index contributed by atoms with van der Waals surface area (Å²) in [6.07, 6.45) is 1.11. The largest absolute Gasteiger partial charge is 0.493 e. The van der Waals surface area contributed by atoms with E-state index in [4.69, 9.17) is 26.3 Å². The average molecular weight is 267 g/mol. The van der Waals surface area contributed by atoms with Crippen LogP contribution in [0.15, 0.2) is 12.1 Å². The van der Waals surface area contributed by atoms with Gasteiger partial charge in [0, 0.05) is 18.5 Å². The van der Waals surface area contributed by atoms with Gasteiger partial charge in [-0.1, -0.05) is 11.6 Å². The second-order valence-electron chi connectivity index (χ2n) is 4.27. The van der Waals surface area contributed by atoms with Crippen molar-refractivity contribution >= 4 is 11.6 Å². The molecule has 1 aromatic rings. The van der Waals surface area contributed by atoms with Crippen molar-refractivity contribution in [1.29, 1.82) is 5.26 Å². The third kappa shape index (κ3) is 2.87. The molecule has 18 heavy (non-hydrogen) atoms. The lowest BCUT2D eigenvalue weighted by Crippen LogP contribution is -2.15. The topological polar surface area (TPSA) is 54.3 Å². The van der Waals surface area contributed by atoms with E-state index in [1.54, 1.807) is 12.1 Å². The molecule has 1 N–H and O–H groups in total. The Morgan fingerprint density at radius 3 is 3.00 bits per heavy atom. The summed E-state index contributed by atoms with van der Waals surface area (Å²) in [6.45, 7) is 2.61. The van der Waals surface area contributed by atoms with Gasteiger partial charge in [0.25, 0.3) is 0 Å². The Hall–Kier alpha value is -1.44. The fourth-order valence-electron chi connectivity index (χ4n) is 1.98. The molecule has 0 bridgehead atoms. The van der Waals surface area contributed by atoms with Gasteiger partial charge in [-0.05, 0) is 19.0 Å². The maximum atomic E-state index is 8.86. The predicted molar refractivity (Wildman–Crippen MR) is 69.2 cm³/mol. The molecule has 0 radical (unpaired) electrons. The van der Waals surface area contributed by atoms with E-state index in [-0.39, 0.29) is 0 Å². The summed E-state index contributed by atoms with van der Waals surface area (Å²) in [5, 5.41) is 12.6. The van der Waals surface area contributed by atoms with Crippen molar-refractivity contribution in [2.75, 3.05) is 26.8 Å². The van der Waals surface area contributed by atoms with Crippen molar-refractivity contribution in [1.82, 2.24) is 5.32 Å². The first-order valence-electron chi connectivity index (χ1n) is 5.85. The zero-order valence-corrected chi connectivity index (χ0v) is 11.0. The smallest absolute Gasteiger partial charge is 0.179 e. The highest BCUT2D eigenvalue weighted by Gasteiger charge is 2.18. The summed E-state index contributed by atoms with van der Waals surface area (Å²) in [5.41, 5.74) is 0.465. The molecule has 4 nitrogen and oxygen atoms in total. The van der Waals surface area contributed by atoms with Crippen LogP contribution in [0.25, 0.3) is 0 Å². The standard InChI is InChI=1S/C13H15ClN2O2/c1-17-12-5-10(6-15)4-11(14)13(12)18-8-9-2-3-16-7-9/h4-5,9,16H,2-3,7-8H2,1H3. The molecule has 0 spiro atoms. The molecule has 0 amide bonds. The number of nitrogens with one attached hydrogen (secondary N) is 1. The minimum absolute atomic E-state index is 0.414. The second-order valence-corrected chi connectivity index (χ2v) is 4.68. The lowest BCUT2D eigenvalue weighted by Gasteiger charge is -2.15. The average Bonchev–Trinajstić information content (AvgIpc) is 2.89. The fraction of sp³-hybridized carbons (Fsp3) is 0.462. The number of methoxy groups -OCH3 is 1. The maximum absolute atomic E-state index is 8.86. The molecule has 1 aromatic carbocycles. The van der Waals surface area contributed by atoms with Gasteiger partial charge >= 0.3 is 0 Å². The van der Waals surface area contributed by atoms with Gasteiger partial charge in [0.2, 0.25) is 0 Å². The number of rotatable bonds is 4. The van der Waals surface area contributed by atoms with Crippen LogP contribution >= 0.6 is 11.6 Å². The van der Waals surface area contributed by atoms with Crippen molar-refractivity contribution in [3.05, 3.63) is 22.7 Å². The first-order valence-corrected chi connectivity index (χ1v) is 6.23. The predicted octanol–water partition coefficient (Wildman–Crippen LogP) is 2.21. The van der Waals surface area contributed by atoms with Gasteiger partial charge in [-0.15, -0.1) is 0 Å². The Morgan fingerprint density at radius 1 is 1.56 bits per heavy atom. The minimum atomic E-state index is 0.414. The number of benzene rings is 1. The monoisotopic (exact) mass is 266 g/mol. The van der Waals surface area contributed by atoms with Gasteiger partial charge in [-0.3, -0.25) is 0 Å². The van der Waals surface area contributed by atoms with Gasteiger partial charge in [0.1, 0.15) is 0 Å². The van der Waals surface area contributed by atoms with E-state index < -0.39 is 0 Å². The molecular weight excluding hydrogens is 252 g/mol. The Morgan fingerprint density at radius 2 is 2.39 bits per heavy atom. The number of hydrogen-bond acceptors (Lipinski definition) is 4. The maximum Gasteiger partial charge on any atom is 0.179 e. The Kier molecular flexibility index (Phi) is 4.29. The first kappa shape index (κ1) is 13.0. The van der Waals surface area contributed by atoms with E-state index in [1.807, 2.05) is 6.07 Å².